The van der Waals surface area contributed by atoms with E-state index in [2.05, 4.69) is 134 Å². The number of hydrogen-bond acceptors (Lipinski definition) is 0. The van der Waals surface area contributed by atoms with Crippen LogP contribution >= 0.6 is 17.0 Å². The maximum absolute atomic E-state index is 7.84. The third kappa shape index (κ3) is 5.54. The van der Waals surface area contributed by atoms with Gasteiger partial charge in [-0.25, -0.2) is 0 Å². The van der Waals surface area contributed by atoms with Crippen molar-refractivity contribution in [2.75, 3.05) is 0 Å². The summed E-state index contributed by atoms with van der Waals surface area (Å²) in [5.74, 6) is 0. The molecule has 0 spiro atoms. The van der Waals surface area contributed by atoms with Crippen molar-refractivity contribution in [3.8, 4) is 22.3 Å². The van der Waals surface area contributed by atoms with Crippen LogP contribution in [0.1, 0.15) is 93.3 Å². The van der Waals surface area contributed by atoms with Gasteiger partial charge in [0, 0.05) is 0 Å². The molecule has 1 aliphatic heterocycles. The van der Waals surface area contributed by atoms with Crippen LogP contribution in [0.5, 0.6) is 0 Å². The zero-order valence-electron chi connectivity index (χ0n) is 27.0. The molecule has 1 unspecified atom stereocenters. The van der Waals surface area contributed by atoms with Gasteiger partial charge >= 0.3 is 275 Å². The Morgan fingerprint density at radius 3 is 2.09 bits per heavy atom. The fourth-order valence-electron chi connectivity index (χ4n) is 7.21. The molecule has 222 valence electrons. The molecule has 0 fully saturated rings. The van der Waals surface area contributed by atoms with Crippen LogP contribution in [0.3, 0.4) is 0 Å². The van der Waals surface area contributed by atoms with Gasteiger partial charge < -0.3 is 0 Å². The van der Waals surface area contributed by atoms with E-state index < -0.39 is 27.4 Å². The van der Waals surface area contributed by atoms with Crippen molar-refractivity contribution in [2.45, 2.75) is 82.7 Å². The van der Waals surface area contributed by atoms with Crippen LogP contribution in [0.2, 0.25) is 0 Å². The van der Waals surface area contributed by atoms with Crippen LogP contribution in [0.4, 0.5) is 0 Å². The van der Waals surface area contributed by atoms with Gasteiger partial charge in [-0.2, -0.15) is 0 Å². The van der Waals surface area contributed by atoms with Crippen molar-refractivity contribution in [3.63, 3.8) is 0 Å². The topological polar surface area (TPSA) is 0 Å². The molecule has 6 rings (SSSR count). The Morgan fingerprint density at radius 1 is 0.791 bits per heavy atom. The Hall–Kier alpha value is -1.70. The Bertz CT molecular complexity index is 1740. The van der Waals surface area contributed by atoms with E-state index in [0.717, 1.165) is 12.8 Å². The predicted octanol–water partition coefficient (Wildman–Crippen LogP) is 9.25. The summed E-state index contributed by atoms with van der Waals surface area (Å²) < 4.78 is 1.40. The summed E-state index contributed by atoms with van der Waals surface area (Å²) in [6.45, 7) is 18.5. The Kier molecular flexibility index (Phi) is 8.20. The average molecular weight is 703 g/mol. The Balaban J connectivity index is 1.54. The van der Waals surface area contributed by atoms with Crippen LogP contribution in [0.15, 0.2) is 78.4 Å². The molecule has 4 heteroatoms. The third-order valence-corrected chi connectivity index (χ3v) is 24.1. The first-order valence-electron chi connectivity index (χ1n) is 15.8. The van der Waals surface area contributed by atoms with E-state index in [-0.39, 0.29) is 14.5 Å². The molecule has 4 aromatic carbocycles. The van der Waals surface area contributed by atoms with Crippen molar-refractivity contribution in [2.24, 2.45) is 0 Å². The molecule has 0 nitrogen and oxygen atoms in total. The van der Waals surface area contributed by atoms with Crippen molar-refractivity contribution in [3.05, 3.63) is 106 Å². The summed E-state index contributed by atoms with van der Waals surface area (Å²) in [5, 5.41) is 3.00. The van der Waals surface area contributed by atoms with Gasteiger partial charge in [-0.05, 0) is 0 Å². The Morgan fingerprint density at radius 2 is 1.44 bits per heavy atom. The second-order valence-electron chi connectivity index (χ2n) is 14.8. The van der Waals surface area contributed by atoms with Crippen molar-refractivity contribution < 1.29 is 17.9 Å². The second kappa shape index (κ2) is 11.3. The van der Waals surface area contributed by atoms with Gasteiger partial charge in [0.1, 0.15) is 0 Å². The molecule has 0 radical (unpaired) electrons. The average Bonchev–Trinajstić information content (AvgIpc) is 3.49. The monoisotopic (exact) mass is 700 g/mol. The van der Waals surface area contributed by atoms with E-state index in [1.165, 1.54) is 69.3 Å². The normalized spacial score (nSPS) is 16.7. The molecule has 0 amide bonds. The molecule has 2 aliphatic rings. The SMILES string of the molecule is CCCc1ccc2c(c1-c1cc(C(C)(C)C)cc(C(C)(C)C)c1)C=C(C)[CH]2[Zr]([Cl])([Cl])[c]1cccc2c1[SiH2]c1ccccc1-2. The number of hydrogen-bond donors (Lipinski definition) is 0. The van der Waals surface area contributed by atoms with Crippen molar-refractivity contribution in [1.82, 2.24) is 0 Å². The van der Waals surface area contributed by atoms with E-state index in [9.17, 15) is 0 Å². The third-order valence-electron chi connectivity index (χ3n) is 9.55. The predicted molar refractivity (Wildman–Crippen MR) is 191 cm³/mol. The molecule has 0 saturated carbocycles. The molecule has 0 saturated heterocycles. The number of fused-ring (bicyclic) bond motifs is 4. The molecule has 0 N–H and O–H groups in total. The Labute approximate surface area is 273 Å². The first-order chi connectivity index (χ1) is 20.2. The number of benzene rings is 4. The second-order valence-corrected chi connectivity index (χ2v) is 30.6. The quantitative estimate of drug-likeness (QED) is 0.160. The minimum absolute atomic E-state index is 0.0558. The van der Waals surface area contributed by atoms with Crippen LogP contribution in [0.25, 0.3) is 28.3 Å². The summed E-state index contributed by atoms with van der Waals surface area (Å²) >= 11 is -3.97. The zero-order valence-corrected chi connectivity index (χ0v) is 32.3. The molecule has 0 bridgehead atoms. The van der Waals surface area contributed by atoms with E-state index in [1.54, 1.807) is 0 Å². The maximum atomic E-state index is 7.84. The van der Waals surface area contributed by atoms with Gasteiger partial charge in [0.05, 0.1) is 0 Å². The molecule has 1 heterocycles. The van der Waals surface area contributed by atoms with Crippen molar-refractivity contribution >= 4 is 46.3 Å². The first-order valence-corrected chi connectivity index (χ1v) is 26.2. The van der Waals surface area contributed by atoms with Crippen LogP contribution in [-0.2, 0) is 35.1 Å². The number of halogens is 2. The van der Waals surface area contributed by atoms with Gasteiger partial charge in [0.15, 0.2) is 0 Å². The summed E-state index contributed by atoms with van der Waals surface area (Å²) in [6.07, 6.45) is 4.59. The molecule has 1 atom stereocenters. The summed E-state index contributed by atoms with van der Waals surface area (Å²) in [4.78, 5) is 0. The molecule has 0 aromatic heterocycles. The zero-order chi connectivity index (χ0) is 30.9. The number of rotatable bonds is 5. The number of aryl methyl sites for hydroxylation is 1. The first kappa shape index (κ1) is 31.3. The van der Waals surface area contributed by atoms with Crippen LogP contribution in [-0.4, -0.2) is 9.52 Å². The van der Waals surface area contributed by atoms with E-state index >= 15 is 0 Å². The van der Waals surface area contributed by atoms with Crippen LogP contribution in [0, 0.1) is 0 Å². The standard InChI is InChI=1S/C27H35.C12H9Si.2ClH.Zr/c1-9-10-19-11-12-20-13-18(2)14-24(20)25(19)21-15-22(26(3,4)5)17-23(16-21)27(6,7)8;1-3-7-11-9(5-1)10-6-2-4-8-12(10)13-11;;;/h11-17H,9-10H2,1-8H3;1-7H,13H2;2*1H;/q;;;;+2/p-2. The fraction of sp³-hybridized carbons (Fsp3) is 0.333. The van der Waals surface area contributed by atoms with Gasteiger partial charge in [-0.3, -0.25) is 0 Å². The van der Waals surface area contributed by atoms with Crippen molar-refractivity contribution in [1.29, 1.82) is 0 Å². The van der Waals surface area contributed by atoms with E-state index in [4.69, 9.17) is 17.0 Å². The summed E-state index contributed by atoms with van der Waals surface area (Å²) in [6, 6.07) is 27.7. The molecular weight excluding hydrogens is 659 g/mol. The van der Waals surface area contributed by atoms with Gasteiger partial charge in [-0.15, -0.1) is 0 Å². The molecule has 4 aromatic rings. The van der Waals surface area contributed by atoms with Gasteiger partial charge in [0.2, 0.25) is 0 Å². The minimum atomic E-state index is -3.97. The summed E-state index contributed by atoms with van der Waals surface area (Å²) in [7, 11) is 15.1. The van der Waals surface area contributed by atoms with E-state index in [1.807, 2.05) is 0 Å². The molecular formula is C39H44Cl2SiZr. The summed E-state index contributed by atoms with van der Waals surface area (Å²) in [5.41, 5.74) is 13.8. The number of allylic oxidation sites excluding steroid dienone is 1. The molecule has 43 heavy (non-hydrogen) atoms. The fourth-order valence-corrected chi connectivity index (χ4v) is 24.4. The molecule has 1 aliphatic carbocycles. The van der Waals surface area contributed by atoms with Crippen LogP contribution < -0.4 is 13.6 Å². The van der Waals surface area contributed by atoms with E-state index in [0.29, 0.717) is 0 Å². The van der Waals surface area contributed by atoms with Gasteiger partial charge in [0.25, 0.3) is 0 Å². The van der Waals surface area contributed by atoms with Gasteiger partial charge in [-0.1, -0.05) is 0 Å².